The van der Waals surface area contributed by atoms with Crippen LogP contribution >= 0.6 is 34.8 Å². The minimum Gasteiger partial charge on any atom is -0.457 e. The van der Waals surface area contributed by atoms with Crippen LogP contribution in [-0.2, 0) is 16.1 Å². The molecule has 2 atom stereocenters. The van der Waals surface area contributed by atoms with Crippen molar-refractivity contribution in [1.82, 2.24) is 10.2 Å². The molecule has 1 aliphatic rings. The summed E-state index contributed by atoms with van der Waals surface area (Å²) in [5, 5.41) is 6.60. The van der Waals surface area contributed by atoms with Crippen LogP contribution in [0.2, 0.25) is 15.1 Å². The zero-order chi connectivity index (χ0) is 29.0. The lowest BCUT2D eigenvalue weighted by atomic mass is 9.96. The van der Waals surface area contributed by atoms with Crippen molar-refractivity contribution in [2.75, 3.05) is 5.32 Å². The van der Waals surface area contributed by atoms with E-state index in [1.807, 2.05) is 25.7 Å². The molecule has 3 aromatic carbocycles. The van der Waals surface area contributed by atoms with Gasteiger partial charge >= 0.3 is 11.8 Å². The Kier molecular flexibility index (Phi) is 9.61. The van der Waals surface area contributed by atoms with E-state index in [9.17, 15) is 14.4 Å². The number of halogens is 3. The second kappa shape index (κ2) is 12.9. The SMILES string of the molecule is Cc1cc(Oc2cc(Cl)ccc2CNC(=O)C(=O)Nc2ccc(Cl)cc2C(=O)N2C(C)CCCC2C)ccc1Cl. The second-order valence-corrected chi connectivity index (χ2v) is 11.2. The van der Waals surface area contributed by atoms with E-state index in [0.717, 1.165) is 24.8 Å². The maximum Gasteiger partial charge on any atom is 0.313 e. The number of hydrogen-bond acceptors (Lipinski definition) is 4. The molecular formula is C30H30Cl3N3O4. The summed E-state index contributed by atoms with van der Waals surface area (Å²) in [4.78, 5) is 40.9. The molecule has 1 heterocycles. The number of aryl methyl sites for hydroxylation is 1. The van der Waals surface area contributed by atoms with Gasteiger partial charge in [0.1, 0.15) is 11.5 Å². The van der Waals surface area contributed by atoms with Crippen LogP contribution in [0, 0.1) is 6.92 Å². The Morgan fingerprint density at radius 1 is 0.900 bits per heavy atom. The molecule has 0 saturated carbocycles. The van der Waals surface area contributed by atoms with Gasteiger partial charge in [0.15, 0.2) is 0 Å². The van der Waals surface area contributed by atoms with E-state index in [-0.39, 0.29) is 35.8 Å². The van der Waals surface area contributed by atoms with Crippen molar-refractivity contribution in [3.05, 3.63) is 86.4 Å². The highest BCUT2D eigenvalue weighted by molar-refractivity contribution is 6.40. The van der Waals surface area contributed by atoms with Crippen LogP contribution in [-0.4, -0.2) is 34.7 Å². The first-order valence-electron chi connectivity index (χ1n) is 13.0. The fourth-order valence-corrected chi connectivity index (χ4v) is 5.23. The lowest BCUT2D eigenvalue weighted by Gasteiger charge is -2.39. The molecule has 3 aromatic rings. The van der Waals surface area contributed by atoms with Crippen molar-refractivity contribution in [2.45, 2.75) is 58.7 Å². The van der Waals surface area contributed by atoms with Crippen molar-refractivity contribution >= 4 is 58.2 Å². The number of nitrogens with zero attached hydrogens (tertiary/aromatic N) is 1. The van der Waals surface area contributed by atoms with Gasteiger partial charge in [0, 0.05) is 39.3 Å². The first-order valence-corrected chi connectivity index (χ1v) is 14.1. The molecular weight excluding hydrogens is 573 g/mol. The molecule has 3 amide bonds. The highest BCUT2D eigenvalue weighted by Crippen LogP contribution is 2.31. The van der Waals surface area contributed by atoms with Gasteiger partial charge in [0.05, 0.1) is 11.3 Å². The summed E-state index contributed by atoms with van der Waals surface area (Å²) in [5.74, 6) is -1.06. The Hall–Kier alpha value is -3.26. The zero-order valence-corrected chi connectivity index (χ0v) is 24.7. The molecule has 10 heteroatoms. The van der Waals surface area contributed by atoms with Crippen LogP contribution in [0.5, 0.6) is 11.5 Å². The van der Waals surface area contributed by atoms with Gasteiger partial charge in [0.25, 0.3) is 5.91 Å². The second-order valence-electron chi connectivity index (χ2n) is 9.93. The van der Waals surface area contributed by atoms with Gasteiger partial charge in [0.2, 0.25) is 0 Å². The van der Waals surface area contributed by atoms with Crippen LogP contribution in [0.25, 0.3) is 0 Å². The first-order chi connectivity index (χ1) is 19.0. The third-order valence-corrected chi connectivity index (χ3v) is 7.81. The smallest absolute Gasteiger partial charge is 0.313 e. The third-order valence-electron chi connectivity index (χ3n) is 6.92. The summed E-state index contributed by atoms with van der Waals surface area (Å²) >= 11 is 18.5. The molecule has 2 N–H and O–H groups in total. The number of carbonyl (C=O) groups excluding carboxylic acids is 3. The van der Waals surface area contributed by atoms with Gasteiger partial charge in [-0.3, -0.25) is 14.4 Å². The Bertz CT molecular complexity index is 1440. The summed E-state index contributed by atoms with van der Waals surface area (Å²) in [6, 6.07) is 14.9. The number of rotatable bonds is 6. The fourth-order valence-electron chi connectivity index (χ4n) is 4.78. The van der Waals surface area contributed by atoms with E-state index in [0.29, 0.717) is 32.1 Å². The number of amides is 3. The summed E-state index contributed by atoms with van der Waals surface area (Å²) in [5.41, 5.74) is 1.90. The molecule has 0 aromatic heterocycles. The van der Waals surface area contributed by atoms with E-state index in [1.54, 1.807) is 42.5 Å². The van der Waals surface area contributed by atoms with Crippen molar-refractivity contribution in [3.8, 4) is 11.5 Å². The lowest BCUT2D eigenvalue weighted by Crippen LogP contribution is -2.47. The van der Waals surface area contributed by atoms with Gasteiger partial charge in [-0.25, -0.2) is 0 Å². The maximum atomic E-state index is 13.5. The summed E-state index contributed by atoms with van der Waals surface area (Å²) in [7, 11) is 0. The molecule has 7 nitrogen and oxygen atoms in total. The van der Waals surface area contributed by atoms with Crippen LogP contribution in [0.1, 0.15) is 54.6 Å². The number of benzene rings is 3. The number of ether oxygens (including phenoxy) is 1. The molecule has 0 aliphatic carbocycles. The maximum absolute atomic E-state index is 13.5. The molecule has 210 valence electrons. The molecule has 4 rings (SSSR count). The molecule has 1 saturated heterocycles. The van der Waals surface area contributed by atoms with Crippen molar-refractivity contribution in [1.29, 1.82) is 0 Å². The Balaban J connectivity index is 1.46. The highest BCUT2D eigenvalue weighted by Gasteiger charge is 2.31. The van der Waals surface area contributed by atoms with Crippen molar-refractivity contribution in [2.24, 2.45) is 0 Å². The average molecular weight is 603 g/mol. The predicted octanol–water partition coefficient (Wildman–Crippen LogP) is 7.41. The average Bonchev–Trinajstić information content (AvgIpc) is 2.91. The van der Waals surface area contributed by atoms with Crippen molar-refractivity contribution in [3.63, 3.8) is 0 Å². The van der Waals surface area contributed by atoms with E-state index in [1.165, 1.54) is 12.1 Å². The third kappa shape index (κ3) is 7.08. The minimum atomic E-state index is -0.916. The lowest BCUT2D eigenvalue weighted by molar-refractivity contribution is -0.136. The summed E-state index contributed by atoms with van der Waals surface area (Å²) in [6.45, 7) is 5.88. The standard InChI is InChI=1S/C30H30Cl3N3O4/c1-17-13-23(10-11-25(17)33)40-27-15-22(32)8-7-20(27)16-34-28(37)29(38)35-26-12-9-21(31)14-24(26)30(39)36-18(2)5-4-6-19(36)3/h7-15,18-19H,4-6,16H2,1-3H3,(H,34,37)(H,35,38). The Labute approximate surface area is 248 Å². The molecule has 0 spiro atoms. The van der Waals surface area contributed by atoms with Crippen LogP contribution in [0.15, 0.2) is 54.6 Å². The van der Waals surface area contributed by atoms with Crippen LogP contribution < -0.4 is 15.4 Å². The van der Waals surface area contributed by atoms with Crippen LogP contribution in [0.3, 0.4) is 0 Å². The molecule has 1 fully saturated rings. The van der Waals surface area contributed by atoms with Gasteiger partial charge in [-0.05, 0) is 94.1 Å². The molecule has 1 aliphatic heterocycles. The summed E-state index contributed by atoms with van der Waals surface area (Å²) < 4.78 is 5.99. The quantitative estimate of drug-likeness (QED) is 0.288. The fraction of sp³-hybridized carbons (Fsp3) is 0.300. The number of hydrogen-bond donors (Lipinski definition) is 2. The Morgan fingerprint density at radius 2 is 1.57 bits per heavy atom. The molecule has 0 bridgehead atoms. The highest BCUT2D eigenvalue weighted by atomic mass is 35.5. The normalized spacial score (nSPS) is 16.8. The van der Waals surface area contributed by atoms with Crippen LogP contribution in [0.4, 0.5) is 5.69 Å². The number of piperidine rings is 1. The topological polar surface area (TPSA) is 87.7 Å². The predicted molar refractivity (Wildman–Crippen MR) is 159 cm³/mol. The van der Waals surface area contributed by atoms with E-state index < -0.39 is 11.8 Å². The van der Waals surface area contributed by atoms with Crippen molar-refractivity contribution < 1.29 is 19.1 Å². The van der Waals surface area contributed by atoms with Gasteiger partial charge < -0.3 is 20.3 Å². The number of carbonyl (C=O) groups is 3. The first kappa shape index (κ1) is 29.7. The zero-order valence-electron chi connectivity index (χ0n) is 22.4. The molecule has 0 radical (unpaired) electrons. The summed E-state index contributed by atoms with van der Waals surface area (Å²) in [6.07, 6.45) is 2.84. The largest absolute Gasteiger partial charge is 0.457 e. The number of anilines is 1. The van der Waals surface area contributed by atoms with Gasteiger partial charge in [-0.2, -0.15) is 0 Å². The van der Waals surface area contributed by atoms with Gasteiger partial charge in [-0.1, -0.05) is 40.9 Å². The van der Waals surface area contributed by atoms with E-state index in [4.69, 9.17) is 39.5 Å². The monoisotopic (exact) mass is 601 g/mol. The molecule has 2 unspecified atom stereocenters. The van der Waals surface area contributed by atoms with Gasteiger partial charge in [-0.15, -0.1) is 0 Å². The van der Waals surface area contributed by atoms with E-state index in [2.05, 4.69) is 10.6 Å². The molecule has 40 heavy (non-hydrogen) atoms. The minimum absolute atomic E-state index is 0.000536. The Morgan fingerprint density at radius 3 is 2.27 bits per heavy atom. The van der Waals surface area contributed by atoms with E-state index >= 15 is 0 Å². The number of likely N-dealkylation sites (tertiary alicyclic amines) is 1. The number of nitrogens with one attached hydrogen (secondary N) is 2.